The maximum atomic E-state index is 12.3. The molecule has 0 amide bonds. The quantitative estimate of drug-likeness (QED) is 0.799. The molecule has 0 atom stereocenters. The molecule has 2 rings (SSSR count). The summed E-state index contributed by atoms with van der Waals surface area (Å²) in [5.74, 6) is 3.20. The zero-order valence-corrected chi connectivity index (χ0v) is 12.4. The van der Waals surface area contributed by atoms with Crippen LogP contribution in [0.25, 0.3) is 0 Å². The van der Waals surface area contributed by atoms with Crippen molar-refractivity contribution >= 4 is 33.5 Å². The number of ketones is 1. The zero-order valence-electron chi connectivity index (χ0n) is 9.99. The molecule has 0 unspecified atom stereocenters. The number of hydrogen-bond donors (Lipinski definition) is 0. The summed E-state index contributed by atoms with van der Waals surface area (Å²) in [6.07, 6.45) is 4.74. The van der Waals surface area contributed by atoms with Gasteiger partial charge in [-0.3, -0.25) is 9.48 Å². The van der Waals surface area contributed by atoms with Gasteiger partial charge in [0.15, 0.2) is 5.78 Å². The third kappa shape index (κ3) is 3.13. The number of thioether (sulfide) groups is 1. The van der Waals surface area contributed by atoms with Gasteiger partial charge in [-0.25, -0.2) is 0 Å². The van der Waals surface area contributed by atoms with Crippen LogP contribution >= 0.6 is 27.7 Å². The van der Waals surface area contributed by atoms with Crippen molar-refractivity contribution in [3.63, 3.8) is 0 Å². The largest absolute Gasteiger partial charge is 0.292 e. The first-order valence-corrected chi connectivity index (χ1v) is 7.99. The molecule has 1 aliphatic heterocycles. The molecule has 0 aliphatic carbocycles. The summed E-state index contributed by atoms with van der Waals surface area (Å²) in [4.78, 5) is 12.3. The molecule has 5 heteroatoms. The molecule has 1 aliphatic rings. The number of aromatic nitrogens is 2. The molecule has 94 valence electrons. The lowest BCUT2D eigenvalue weighted by atomic mass is 9.95. The van der Waals surface area contributed by atoms with Gasteiger partial charge in [-0.1, -0.05) is 0 Å². The van der Waals surface area contributed by atoms with E-state index < -0.39 is 0 Å². The standard InChI is InChI=1S/C12H17BrN2OS/c1-2-15-12(10(13)8-14-15)11(16)7-9-3-5-17-6-4-9/h8-9H,2-7H2,1H3. The van der Waals surface area contributed by atoms with Crippen LogP contribution < -0.4 is 0 Å². The molecule has 3 nitrogen and oxygen atoms in total. The van der Waals surface area contributed by atoms with E-state index in [9.17, 15) is 4.79 Å². The predicted molar refractivity (Wildman–Crippen MR) is 74.6 cm³/mol. The third-order valence-corrected chi connectivity index (χ3v) is 4.80. The first-order valence-electron chi connectivity index (χ1n) is 6.04. The summed E-state index contributed by atoms with van der Waals surface area (Å²) in [7, 11) is 0. The summed E-state index contributed by atoms with van der Waals surface area (Å²) < 4.78 is 2.61. The first-order chi connectivity index (χ1) is 8.22. The molecule has 0 bridgehead atoms. The van der Waals surface area contributed by atoms with Crippen molar-refractivity contribution < 1.29 is 4.79 Å². The number of carbonyl (C=O) groups is 1. The number of aryl methyl sites for hydroxylation is 1. The van der Waals surface area contributed by atoms with Crippen LogP contribution in [0.1, 0.15) is 36.7 Å². The van der Waals surface area contributed by atoms with Crippen molar-refractivity contribution in [2.45, 2.75) is 32.7 Å². The Morgan fingerprint density at radius 3 is 2.94 bits per heavy atom. The van der Waals surface area contributed by atoms with Gasteiger partial charge in [0.2, 0.25) is 0 Å². The number of halogens is 1. The van der Waals surface area contributed by atoms with Gasteiger partial charge in [-0.15, -0.1) is 0 Å². The fourth-order valence-electron chi connectivity index (χ4n) is 2.19. The Labute approximate surface area is 114 Å². The Bertz CT molecular complexity index is 399. The first kappa shape index (κ1) is 13.1. The molecule has 17 heavy (non-hydrogen) atoms. The van der Waals surface area contributed by atoms with E-state index in [1.807, 2.05) is 18.7 Å². The molecular formula is C12H17BrN2OS. The van der Waals surface area contributed by atoms with E-state index in [0.717, 1.165) is 16.7 Å². The highest BCUT2D eigenvalue weighted by molar-refractivity contribution is 9.10. The van der Waals surface area contributed by atoms with Gasteiger partial charge in [0.1, 0.15) is 5.69 Å². The minimum atomic E-state index is 0.230. The van der Waals surface area contributed by atoms with E-state index in [4.69, 9.17) is 0 Å². The van der Waals surface area contributed by atoms with Gasteiger partial charge in [0.25, 0.3) is 0 Å². The number of carbonyl (C=O) groups excluding carboxylic acids is 1. The van der Waals surface area contributed by atoms with Crippen molar-refractivity contribution in [3.05, 3.63) is 16.4 Å². The molecule has 1 saturated heterocycles. The minimum Gasteiger partial charge on any atom is -0.292 e. The summed E-state index contributed by atoms with van der Waals surface area (Å²) in [6, 6.07) is 0. The van der Waals surface area contributed by atoms with Crippen molar-refractivity contribution in [1.29, 1.82) is 0 Å². The topological polar surface area (TPSA) is 34.9 Å². The molecule has 0 aromatic carbocycles. The van der Waals surface area contributed by atoms with Gasteiger partial charge in [0.05, 0.1) is 10.7 Å². The molecule has 1 aromatic heterocycles. The van der Waals surface area contributed by atoms with E-state index in [-0.39, 0.29) is 5.78 Å². The molecule has 0 N–H and O–H groups in total. The maximum absolute atomic E-state index is 12.3. The van der Waals surface area contributed by atoms with Crippen LogP contribution in [-0.2, 0) is 6.54 Å². The summed E-state index contributed by atoms with van der Waals surface area (Å²) in [6.45, 7) is 2.75. The number of Topliss-reactive ketones (excluding diaryl/α,β-unsaturated/α-hetero) is 1. The highest BCUT2D eigenvalue weighted by atomic mass is 79.9. The minimum absolute atomic E-state index is 0.230. The van der Waals surface area contributed by atoms with E-state index in [0.29, 0.717) is 12.3 Å². The number of hydrogen-bond acceptors (Lipinski definition) is 3. The number of rotatable bonds is 4. The van der Waals surface area contributed by atoms with Crippen LogP contribution in [0.15, 0.2) is 10.7 Å². The zero-order chi connectivity index (χ0) is 12.3. The fraction of sp³-hybridized carbons (Fsp3) is 0.667. The SMILES string of the molecule is CCn1ncc(Br)c1C(=O)CC1CCSCC1. The fourth-order valence-corrected chi connectivity index (χ4v) is 3.91. The van der Waals surface area contributed by atoms with Gasteiger partial charge in [0, 0.05) is 13.0 Å². The molecule has 1 fully saturated rings. The Morgan fingerprint density at radius 2 is 2.29 bits per heavy atom. The monoisotopic (exact) mass is 316 g/mol. The molecule has 0 saturated carbocycles. The summed E-state index contributed by atoms with van der Waals surface area (Å²) >= 11 is 5.41. The highest BCUT2D eigenvalue weighted by Crippen LogP contribution is 2.28. The van der Waals surface area contributed by atoms with E-state index >= 15 is 0 Å². The van der Waals surface area contributed by atoms with E-state index in [1.54, 1.807) is 10.9 Å². The molecule has 0 spiro atoms. The van der Waals surface area contributed by atoms with Crippen LogP contribution in [0.5, 0.6) is 0 Å². The summed E-state index contributed by atoms with van der Waals surface area (Å²) in [5.41, 5.74) is 0.741. The third-order valence-electron chi connectivity index (χ3n) is 3.17. The lowest BCUT2D eigenvalue weighted by Crippen LogP contribution is -2.17. The molecular weight excluding hydrogens is 300 g/mol. The Morgan fingerprint density at radius 1 is 1.59 bits per heavy atom. The van der Waals surface area contributed by atoms with Crippen molar-refractivity contribution in [2.75, 3.05) is 11.5 Å². The summed E-state index contributed by atoms with van der Waals surface area (Å²) in [5, 5.41) is 4.19. The van der Waals surface area contributed by atoms with Crippen LogP contribution in [0.2, 0.25) is 0 Å². The average molecular weight is 317 g/mol. The lowest BCUT2D eigenvalue weighted by molar-refractivity contribution is 0.0947. The van der Waals surface area contributed by atoms with E-state index in [1.165, 1.54) is 24.3 Å². The number of nitrogens with zero attached hydrogens (tertiary/aromatic N) is 2. The Balaban J connectivity index is 2.05. The second-order valence-corrected chi connectivity index (χ2v) is 6.42. The highest BCUT2D eigenvalue weighted by Gasteiger charge is 2.22. The normalized spacial score (nSPS) is 17.3. The van der Waals surface area contributed by atoms with Crippen LogP contribution in [0, 0.1) is 5.92 Å². The van der Waals surface area contributed by atoms with Crippen LogP contribution in [-0.4, -0.2) is 27.1 Å². The predicted octanol–water partition coefficient (Wildman–Crippen LogP) is 3.38. The van der Waals surface area contributed by atoms with Crippen LogP contribution in [0.4, 0.5) is 0 Å². The molecule has 1 aromatic rings. The lowest BCUT2D eigenvalue weighted by Gasteiger charge is -2.20. The van der Waals surface area contributed by atoms with Crippen molar-refractivity contribution in [1.82, 2.24) is 9.78 Å². The van der Waals surface area contributed by atoms with Gasteiger partial charge in [-0.2, -0.15) is 16.9 Å². The second-order valence-electron chi connectivity index (χ2n) is 4.34. The Hall–Kier alpha value is -0.290. The molecule has 0 radical (unpaired) electrons. The maximum Gasteiger partial charge on any atom is 0.182 e. The smallest absolute Gasteiger partial charge is 0.182 e. The average Bonchev–Trinajstić information content (AvgIpc) is 2.71. The van der Waals surface area contributed by atoms with Gasteiger partial charge >= 0.3 is 0 Å². The van der Waals surface area contributed by atoms with Gasteiger partial charge in [-0.05, 0) is 53.1 Å². The van der Waals surface area contributed by atoms with E-state index in [2.05, 4.69) is 21.0 Å². The Kier molecular flexibility index (Phi) is 4.68. The van der Waals surface area contributed by atoms with Crippen LogP contribution in [0.3, 0.4) is 0 Å². The van der Waals surface area contributed by atoms with Crippen molar-refractivity contribution in [3.8, 4) is 0 Å². The van der Waals surface area contributed by atoms with Crippen molar-refractivity contribution in [2.24, 2.45) is 5.92 Å². The second kappa shape index (κ2) is 6.05. The van der Waals surface area contributed by atoms with Gasteiger partial charge < -0.3 is 0 Å². The molecule has 2 heterocycles.